The quantitative estimate of drug-likeness (QED) is 0.705. The van der Waals surface area contributed by atoms with Crippen molar-refractivity contribution in [3.05, 3.63) is 57.7 Å². The molecule has 1 aromatic heterocycles. The molecule has 0 bridgehead atoms. The molecule has 1 heterocycles. The topological polar surface area (TPSA) is 54.9 Å². The Morgan fingerprint density at radius 3 is 2.21 bits per heavy atom. The second-order valence-corrected chi connectivity index (χ2v) is 6.25. The van der Waals surface area contributed by atoms with Crippen molar-refractivity contribution >= 4 is 55.1 Å². The summed E-state index contributed by atoms with van der Waals surface area (Å²) in [6.45, 7) is 1.54. The molecule has 0 amide bonds. The zero-order valence-corrected chi connectivity index (χ0v) is 14.1. The summed E-state index contributed by atoms with van der Waals surface area (Å²) in [5.41, 5.74) is -0.479. The van der Waals surface area contributed by atoms with Crippen molar-refractivity contribution in [2.45, 2.75) is 6.92 Å². The van der Waals surface area contributed by atoms with E-state index in [9.17, 15) is 9.59 Å². The van der Waals surface area contributed by atoms with Gasteiger partial charge in [-0.1, -0.05) is 23.2 Å². The van der Waals surface area contributed by atoms with Gasteiger partial charge in [0.1, 0.15) is 5.15 Å². The second-order valence-electron chi connectivity index (χ2n) is 3.73. The van der Waals surface area contributed by atoms with E-state index < -0.39 is 11.2 Å². The molecule has 100 valence electrons. The number of hydrogen-bond donors (Lipinski definition) is 1. The van der Waals surface area contributed by atoms with E-state index in [1.165, 1.54) is 6.92 Å². The fourth-order valence-corrected chi connectivity index (χ4v) is 3.73. The van der Waals surface area contributed by atoms with Crippen molar-refractivity contribution in [2.75, 3.05) is 0 Å². The number of halogens is 4. The summed E-state index contributed by atoms with van der Waals surface area (Å²) in [5.74, 6) is 0. The van der Waals surface area contributed by atoms with Crippen LogP contribution in [0.2, 0.25) is 10.2 Å². The van der Waals surface area contributed by atoms with Crippen LogP contribution in [0.5, 0.6) is 0 Å². The largest absolute Gasteiger partial charge is 0.334 e. The van der Waals surface area contributed by atoms with Gasteiger partial charge < -0.3 is 0 Å². The van der Waals surface area contributed by atoms with E-state index in [-0.39, 0.29) is 10.7 Å². The molecule has 0 radical (unpaired) electrons. The molecule has 0 spiro atoms. The number of hydrogen-bond acceptors (Lipinski definition) is 2. The molecule has 0 unspecified atom stereocenters. The van der Waals surface area contributed by atoms with E-state index in [0.717, 1.165) is 4.57 Å². The molecular formula is C11H6Br2Cl2N2O2. The first kappa shape index (κ1) is 14.8. The summed E-state index contributed by atoms with van der Waals surface area (Å²) in [7, 11) is 0. The molecule has 1 aromatic carbocycles. The van der Waals surface area contributed by atoms with E-state index in [0.29, 0.717) is 19.7 Å². The lowest BCUT2D eigenvalue weighted by Crippen LogP contribution is -2.35. The predicted molar refractivity (Wildman–Crippen MR) is 82.8 cm³/mol. The summed E-state index contributed by atoms with van der Waals surface area (Å²) < 4.78 is 2.02. The molecule has 0 saturated carbocycles. The summed E-state index contributed by atoms with van der Waals surface area (Å²) in [6, 6.07) is 3.19. The molecule has 8 heteroatoms. The fraction of sp³-hybridized carbons (Fsp3) is 0.0909. The van der Waals surface area contributed by atoms with Gasteiger partial charge in [0, 0.05) is 14.0 Å². The average molecular weight is 429 g/mol. The maximum Gasteiger partial charge on any atom is 0.334 e. The van der Waals surface area contributed by atoms with Crippen LogP contribution in [0.3, 0.4) is 0 Å². The monoisotopic (exact) mass is 426 g/mol. The van der Waals surface area contributed by atoms with E-state index >= 15 is 0 Å². The Hall–Kier alpha value is -0.560. The van der Waals surface area contributed by atoms with Crippen molar-refractivity contribution in [3.63, 3.8) is 0 Å². The highest BCUT2D eigenvalue weighted by atomic mass is 79.9. The minimum atomic E-state index is -0.621. The van der Waals surface area contributed by atoms with Crippen LogP contribution < -0.4 is 11.2 Å². The Morgan fingerprint density at radius 2 is 1.68 bits per heavy atom. The van der Waals surface area contributed by atoms with Gasteiger partial charge in [0.05, 0.1) is 11.3 Å². The van der Waals surface area contributed by atoms with Crippen LogP contribution in [0.25, 0.3) is 5.69 Å². The molecule has 0 aliphatic rings. The van der Waals surface area contributed by atoms with Crippen molar-refractivity contribution in [3.8, 4) is 5.69 Å². The third kappa shape index (κ3) is 2.67. The molecule has 0 aliphatic carbocycles. The molecule has 2 rings (SSSR count). The molecule has 0 saturated heterocycles. The zero-order chi connectivity index (χ0) is 14.3. The minimum absolute atomic E-state index is 0.0347. The van der Waals surface area contributed by atoms with Gasteiger partial charge in [0.2, 0.25) is 0 Å². The normalized spacial score (nSPS) is 10.8. The van der Waals surface area contributed by atoms with Crippen LogP contribution in [-0.4, -0.2) is 9.55 Å². The standard InChI is InChI=1S/C11H6Br2Cl2N2O2/c1-4-9(15)16-11(19)17(10(4)18)8-6(12)2-5(14)3-7(8)13/h2-3H,1H3,(H,16,19). The highest BCUT2D eigenvalue weighted by Gasteiger charge is 2.16. The van der Waals surface area contributed by atoms with Gasteiger partial charge >= 0.3 is 5.69 Å². The molecule has 19 heavy (non-hydrogen) atoms. The van der Waals surface area contributed by atoms with Gasteiger partial charge in [-0.2, -0.15) is 0 Å². The van der Waals surface area contributed by atoms with Crippen molar-refractivity contribution in [1.29, 1.82) is 0 Å². The molecule has 0 atom stereocenters. The van der Waals surface area contributed by atoms with E-state index in [1.54, 1.807) is 12.1 Å². The number of nitrogens with zero attached hydrogens (tertiary/aromatic N) is 1. The number of aromatic amines is 1. The maximum atomic E-state index is 12.2. The molecule has 4 nitrogen and oxygen atoms in total. The van der Waals surface area contributed by atoms with Crippen LogP contribution in [0.4, 0.5) is 0 Å². The average Bonchev–Trinajstić information content (AvgIpc) is 2.29. The Bertz CT molecular complexity index is 760. The van der Waals surface area contributed by atoms with Gasteiger partial charge in [-0.15, -0.1) is 0 Å². The number of benzene rings is 1. The van der Waals surface area contributed by atoms with Gasteiger partial charge in [0.15, 0.2) is 0 Å². The lowest BCUT2D eigenvalue weighted by molar-refractivity contribution is 0.853. The second kappa shape index (κ2) is 5.44. The molecule has 0 aliphatic heterocycles. The number of H-pyrrole nitrogens is 1. The third-order valence-corrected chi connectivity index (χ3v) is 4.28. The zero-order valence-electron chi connectivity index (χ0n) is 9.43. The molecule has 1 N–H and O–H groups in total. The minimum Gasteiger partial charge on any atom is -0.297 e. The summed E-state index contributed by atoms with van der Waals surface area (Å²) in [6.07, 6.45) is 0. The number of nitrogens with one attached hydrogen (secondary N) is 1. The number of aromatic nitrogens is 2. The molecule has 0 fully saturated rings. The summed E-state index contributed by atoms with van der Waals surface area (Å²) in [5, 5.41) is 0.505. The highest BCUT2D eigenvalue weighted by Crippen LogP contribution is 2.31. The van der Waals surface area contributed by atoms with Crippen LogP contribution in [-0.2, 0) is 0 Å². The highest BCUT2D eigenvalue weighted by molar-refractivity contribution is 9.11. The van der Waals surface area contributed by atoms with Gasteiger partial charge in [-0.3, -0.25) is 9.78 Å². The maximum absolute atomic E-state index is 12.2. The predicted octanol–water partition coefficient (Wildman–Crippen LogP) is 3.67. The summed E-state index contributed by atoms with van der Waals surface area (Å²) >= 11 is 18.2. The number of rotatable bonds is 1. The molecule has 2 aromatic rings. The van der Waals surface area contributed by atoms with E-state index in [4.69, 9.17) is 23.2 Å². The van der Waals surface area contributed by atoms with Crippen LogP contribution in [0.15, 0.2) is 30.7 Å². The smallest absolute Gasteiger partial charge is 0.297 e. The fourth-order valence-electron chi connectivity index (χ4n) is 1.55. The Labute approximate surface area is 134 Å². The Balaban J connectivity index is 2.93. The van der Waals surface area contributed by atoms with Crippen molar-refractivity contribution in [1.82, 2.24) is 9.55 Å². The van der Waals surface area contributed by atoms with Gasteiger partial charge in [-0.05, 0) is 50.9 Å². The first-order valence-electron chi connectivity index (χ1n) is 4.99. The SMILES string of the molecule is Cc1c(Cl)[nH]c(=O)n(-c2c(Br)cc(Cl)cc2Br)c1=O. The third-order valence-electron chi connectivity index (χ3n) is 2.48. The van der Waals surface area contributed by atoms with E-state index in [1.807, 2.05) is 0 Å². The lowest BCUT2D eigenvalue weighted by Gasteiger charge is -2.11. The Morgan fingerprint density at radius 1 is 1.16 bits per heavy atom. The van der Waals surface area contributed by atoms with Crippen LogP contribution >= 0.6 is 55.1 Å². The molecular weight excluding hydrogens is 423 g/mol. The summed E-state index contributed by atoms with van der Waals surface area (Å²) in [4.78, 5) is 26.5. The van der Waals surface area contributed by atoms with Crippen molar-refractivity contribution in [2.24, 2.45) is 0 Å². The van der Waals surface area contributed by atoms with Crippen LogP contribution in [0.1, 0.15) is 5.56 Å². The first-order valence-corrected chi connectivity index (χ1v) is 7.33. The van der Waals surface area contributed by atoms with Gasteiger partial charge in [-0.25, -0.2) is 9.36 Å². The lowest BCUT2D eigenvalue weighted by atomic mass is 10.3. The Kier molecular flexibility index (Phi) is 4.25. The van der Waals surface area contributed by atoms with Gasteiger partial charge in [0.25, 0.3) is 5.56 Å². The van der Waals surface area contributed by atoms with E-state index in [2.05, 4.69) is 36.8 Å². The first-order chi connectivity index (χ1) is 8.82. The van der Waals surface area contributed by atoms with Crippen molar-refractivity contribution < 1.29 is 0 Å². The van der Waals surface area contributed by atoms with Crippen LogP contribution in [0, 0.1) is 6.92 Å².